The third-order valence-corrected chi connectivity index (χ3v) is 3.48. The Morgan fingerprint density at radius 1 is 0.971 bits per heavy atom. The van der Waals surface area contributed by atoms with Crippen LogP contribution in [0.1, 0.15) is 25.0 Å². The van der Waals surface area contributed by atoms with Gasteiger partial charge < -0.3 is 31.6 Å². The molecule has 0 unspecified atom stereocenters. The predicted molar refractivity (Wildman–Crippen MR) is 124 cm³/mol. The van der Waals surface area contributed by atoms with E-state index in [1.54, 1.807) is 24.5 Å². The van der Waals surface area contributed by atoms with Crippen LogP contribution in [0.5, 0.6) is 0 Å². The van der Waals surface area contributed by atoms with E-state index in [1.165, 1.54) is 12.1 Å². The van der Waals surface area contributed by atoms with Crippen molar-refractivity contribution in [3.8, 4) is 0 Å². The number of pyridine rings is 1. The van der Waals surface area contributed by atoms with Gasteiger partial charge in [0.15, 0.2) is 0 Å². The molecule has 1 aliphatic heterocycles. The average Bonchev–Trinajstić information content (AvgIpc) is 2.88. The van der Waals surface area contributed by atoms with Crippen LogP contribution < -0.4 is 0 Å². The molecular weight excluding hydrogens is 507 g/mol. The third kappa shape index (κ3) is 18.0. The Labute approximate surface area is 211 Å². The standard InChI is InChI=1S/C12H12NO3.C5H5N.2C2H4N2O2.Co/c1-9-3-2-4-12(16-9)10-5-7-11(8-6-10)13(14)15;1-2-4-6-5-3-1;2*5-3-1-2-4-6;/h3,5-9,12H,4H2,1H3;1-5H;2*1-2,5-6H;/q-1;;;;/b;;2*3-1+,4-2+;/t9-,12+;;;;/m0..../s1. The molecule has 1 aromatic carbocycles. The van der Waals surface area contributed by atoms with Gasteiger partial charge in [0, 0.05) is 47.4 Å². The summed E-state index contributed by atoms with van der Waals surface area (Å²) in [6, 6.07) is 12.2. The number of nitro benzene ring substituents is 1. The molecule has 0 saturated heterocycles. The van der Waals surface area contributed by atoms with Crippen LogP contribution in [-0.2, 0) is 21.5 Å². The average molecular weight is 532 g/mol. The zero-order chi connectivity index (χ0) is 25.4. The number of aromatic nitrogens is 1. The van der Waals surface area contributed by atoms with Crippen molar-refractivity contribution in [3.05, 3.63) is 82.7 Å². The summed E-state index contributed by atoms with van der Waals surface area (Å²) in [6.07, 6.45) is 13.0. The summed E-state index contributed by atoms with van der Waals surface area (Å²) in [4.78, 5) is 13.9. The summed E-state index contributed by atoms with van der Waals surface area (Å²) in [5.74, 6) is 0. The van der Waals surface area contributed by atoms with Crippen LogP contribution in [0.15, 0.2) is 81.6 Å². The van der Waals surface area contributed by atoms with Crippen LogP contribution in [-0.4, -0.2) is 61.7 Å². The second-order valence-electron chi connectivity index (χ2n) is 5.84. The minimum Gasteiger partial charge on any atom is -0.495 e. The molecule has 1 aliphatic rings. The number of oxime groups is 4. The molecule has 35 heavy (non-hydrogen) atoms. The summed E-state index contributed by atoms with van der Waals surface area (Å²) in [5.41, 5.74) is 1.06. The monoisotopic (exact) mass is 532 g/mol. The molecule has 4 N–H and O–H groups in total. The fourth-order valence-electron chi connectivity index (χ4n) is 2.13. The molecule has 1 aromatic heterocycles. The molecule has 0 saturated carbocycles. The number of nitrogens with zero attached hydrogens (tertiary/aromatic N) is 6. The summed E-state index contributed by atoms with van der Waals surface area (Å²) >= 11 is 0. The molecule has 0 amide bonds. The van der Waals surface area contributed by atoms with E-state index in [9.17, 15) is 10.1 Å². The maximum absolute atomic E-state index is 10.5. The molecule has 3 rings (SSSR count). The van der Waals surface area contributed by atoms with Crippen LogP contribution in [0, 0.1) is 16.2 Å². The summed E-state index contributed by atoms with van der Waals surface area (Å²) in [7, 11) is 0. The van der Waals surface area contributed by atoms with Crippen LogP contribution in [0.2, 0.25) is 0 Å². The van der Waals surface area contributed by atoms with Gasteiger partial charge in [-0.15, -0.1) is 0 Å². The number of rotatable bonds is 4. The molecule has 1 radical (unpaired) electrons. The van der Waals surface area contributed by atoms with Crippen molar-refractivity contribution in [2.45, 2.75) is 25.6 Å². The normalized spacial score (nSPS) is 16.4. The van der Waals surface area contributed by atoms with Crippen LogP contribution >= 0.6 is 0 Å². The van der Waals surface area contributed by atoms with Gasteiger partial charge in [0.1, 0.15) is 0 Å². The smallest absolute Gasteiger partial charge is 0.269 e. The number of non-ortho nitro benzene ring substituents is 1. The molecule has 2 aromatic rings. The van der Waals surface area contributed by atoms with E-state index in [-0.39, 0.29) is 34.7 Å². The topological polar surface area (TPSA) is 196 Å². The number of hydrogen-bond acceptors (Lipinski definition) is 12. The molecule has 0 fully saturated rings. The van der Waals surface area contributed by atoms with Crippen molar-refractivity contribution < 1.29 is 47.3 Å². The molecule has 0 bridgehead atoms. The first-order valence-corrected chi connectivity index (χ1v) is 9.48. The van der Waals surface area contributed by atoms with Gasteiger partial charge in [0.25, 0.3) is 5.69 Å². The first kappa shape index (κ1) is 33.0. The zero-order valence-corrected chi connectivity index (χ0v) is 19.5. The molecule has 0 spiro atoms. The van der Waals surface area contributed by atoms with Gasteiger partial charge in [-0.25, -0.2) is 6.08 Å². The number of nitro groups is 1. The van der Waals surface area contributed by atoms with E-state index in [0.717, 1.165) is 30.4 Å². The van der Waals surface area contributed by atoms with E-state index in [2.05, 4.69) is 31.7 Å². The maximum atomic E-state index is 10.5. The van der Waals surface area contributed by atoms with Crippen molar-refractivity contribution in [3.63, 3.8) is 0 Å². The fraction of sp³-hybridized carbons (Fsp3) is 0.190. The Morgan fingerprint density at radius 3 is 1.77 bits per heavy atom. The summed E-state index contributed by atoms with van der Waals surface area (Å²) in [5, 5.41) is 50.7. The van der Waals surface area contributed by atoms with E-state index in [1.807, 2.05) is 31.2 Å². The van der Waals surface area contributed by atoms with Crippen LogP contribution in [0.25, 0.3) is 0 Å². The Bertz CT molecular complexity index is 859. The van der Waals surface area contributed by atoms with Crippen molar-refractivity contribution >= 4 is 30.5 Å². The van der Waals surface area contributed by atoms with Crippen LogP contribution in [0.4, 0.5) is 5.69 Å². The minimum atomic E-state index is -0.403. The molecule has 14 heteroatoms. The summed E-state index contributed by atoms with van der Waals surface area (Å²) in [6.45, 7) is 1.95. The first-order valence-electron chi connectivity index (χ1n) is 9.48. The Hall–Kier alpha value is -4.14. The van der Waals surface area contributed by atoms with E-state index >= 15 is 0 Å². The minimum absolute atomic E-state index is 0. The number of hydrogen-bond donors (Lipinski definition) is 4. The SMILES string of the molecule is C[C@H]1C=[C-]C[C@H](c2ccc([N+](=O)[O-])cc2)O1.O/N=C/C=N/O.O/N=C/C=N/O.[Co].c1ccncc1. The van der Waals surface area contributed by atoms with Gasteiger partial charge >= 0.3 is 0 Å². The van der Waals surface area contributed by atoms with Crippen molar-refractivity contribution in [2.75, 3.05) is 0 Å². The third-order valence-electron chi connectivity index (χ3n) is 3.48. The summed E-state index contributed by atoms with van der Waals surface area (Å²) < 4.78 is 5.68. The zero-order valence-electron chi connectivity index (χ0n) is 18.5. The second-order valence-corrected chi connectivity index (χ2v) is 5.84. The molecule has 2 atom stereocenters. The van der Waals surface area contributed by atoms with Crippen molar-refractivity contribution in [1.82, 2.24) is 4.98 Å². The Balaban J connectivity index is 0. The fourth-order valence-corrected chi connectivity index (χ4v) is 2.13. The van der Waals surface area contributed by atoms with E-state index in [0.29, 0.717) is 6.42 Å². The Kier molecular flexibility index (Phi) is 21.7. The predicted octanol–water partition coefficient (Wildman–Crippen LogP) is 3.70. The van der Waals surface area contributed by atoms with Crippen LogP contribution in [0.3, 0.4) is 0 Å². The van der Waals surface area contributed by atoms with E-state index < -0.39 is 4.92 Å². The van der Waals surface area contributed by atoms with Crippen molar-refractivity contribution in [1.29, 1.82) is 0 Å². The van der Waals surface area contributed by atoms with Crippen molar-refractivity contribution in [2.24, 2.45) is 20.6 Å². The molecule has 191 valence electrons. The molecular formula is C21H25CoN6O7-. The van der Waals surface area contributed by atoms with Gasteiger partial charge in [-0.3, -0.25) is 15.1 Å². The molecule has 0 aliphatic carbocycles. The largest absolute Gasteiger partial charge is 0.495 e. The van der Waals surface area contributed by atoms with Gasteiger partial charge in [0.2, 0.25) is 0 Å². The van der Waals surface area contributed by atoms with Gasteiger partial charge in [-0.05, 0) is 36.8 Å². The molecule has 13 nitrogen and oxygen atoms in total. The van der Waals surface area contributed by atoms with E-state index in [4.69, 9.17) is 25.6 Å². The molecule has 2 heterocycles. The number of ether oxygens (including phenoxy) is 1. The Morgan fingerprint density at radius 2 is 1.46 bits per heavy atom. The van der Waals surface area contributed by atoms with Gasteiger partial charge in [0.05, 0.1) is 35.9 Å². The first-order chi connectivity index (χ1) is 16.5. The second kappa shape index (κ2) is 23.0. The van der Waals surface area contributed by atoms with Gasteiger partial charge in [-0.1, -0.05) is 26.7 Å². The van der Waals surface area contributed by atoms with Gasteiger partial charge in [-0.2, -0.15) is 6.42 Å². The quantitative estimate of drug-likeness (QED) is 0.150. The maximum Gasteiger partial charge on any atom is 0.269 e. The number of benzene rings is 1.